The highest BCUT2D eigenvalue weighted by molar-refractivity contribution is 5.73. The summed E-state index contributed by atoms with van der Waals surface area (Å²) >= 11 is 0. The lowest BCUT2D eigenvalue weighted by Gasteiger charge is -2.19. The lowest BCUT2D eigenvalue weighted by Crippen LogP contribution is -2.37. The largest absolute Gasteiger partial charge is 0.480 e. The number of carbonyl (C=O) groups is 1. The van der Waals surface area contributed by atoms with Crippen LogP contribution in [0.2, 0.25) is 0 Å². The topological polar surface area (TPSA) is 59.0 Å². The van der Waals surface area contributed by atoms with E-state index in [0.717, 1.165) is 5.56 Å². The maximum atomic E-state index is 11.1. The first-order chi connectivity index (χ1) is 8.08. The van der Waals surface area contributed by atoms with Crippen LogP contribution in [-0.2, 0) is 11.2 Å². The Balaban J connectivity index is 2.15. The first kappa shape index (κ1) is 11.7. The second kappa shape index (κ2) is 4.63. The fourth-order valence-corrected chi connectivity index (χ4v) is 1.78. The molecule has 0 aromatic heterocycles. The Hall–Kier alpha value is -1.75. The van der Waals surface area contributed by atoms with Crippen molar-refractivity contribution in [3.8, 4) is 11.5 Å². The van der Waals surface area contributed by atoms with E-state index in [1.54, 1.807) is 19.0 Å². The summed E-state index contributed by atoms with van der Waals surface area (Å²) in [4.78, 5) is 12.8. The van der Waals surface area contributed by atoms with Crippen molar-refractivity contribution < 1.29 is 19.4 Å². The highest BCUT2D eigenvalue weighted by Crippen LogP contribution is 2.32. The van der Waals surface area contributed by atoms with Crippen LogP contribution in [0.1, 0.15) is 5.56 Å². The van der Waals surface area contributed by atoms with Crippen LogP contribution in [0.15, 0.2) is 18.2 Å². The van der Waals surface area contributed by atoms with Gasteiger partial charge in [0.15, 0.2) is 11.5 Å². The molecule has 1 N–H and O–H groups in total. The van der Waals surface area contributed by atoms with Gasteiger partial charge in [-0.25, -0.2) is 0 Å². The molecule has 5 nitrogen and oxygen atoms in total. The van der Waals surface area contributed by atoms with Crippen molar-refractivity contribution in [2.24, 2.45) is 0 Å². The van der Waals surface area contributed by atoms with Gasteiger partial charge in [-0.1, -0.05) is 6.07 Å². The molecule has 1 aliphatic heterocycles. The molecule has 0 saturated carbocycles. The maximum Gasteiger partial charge on any atom is 0.321 e. The Morgan fingerprint density at radius 3 is 2.76 bits per heavy atom. The van der Waals surface area contributed by atoms with Gasteiger partial charge in [0.05, 0.1) is 0 Å². The average Bonchev–Trinajstić information content (AvgIpc) is 2.71. The second-order valence-electron chi connectivity index (χ2n) is 4.21. The third-order valence-electron chi connectivity index (χ3n) is 2.77. The molecule has 92 valence electrons. The minimum absolute atomic E-state index is 0.231. The zero-order valence-electron chi connectivity index (χ0n) is 9.84. The number of likely N-dealkylation sites (N-methyl/N-ethyl adjacent to an activating group) is 1. The van der Waals surface area contributed by atoms with Crippen LogP contribution in [0.25, 0.3) is 0 Å². The third kappa shape index (κ3) is 2.50. The molecular weight excluding hydrogens is 222 g/mol. The van der Waals surface area contributed by atoms with Crippen LogP contribution in [0.3, 0.4) is 0 Å². The molecule has 0 radical (unpaired) electrons. The van der Waals surface area contributed by atoms with E-state index in [4.69, 9.17) is 14.6 Å². The van der Waals surface area contributed by atoms with Crippen LogP contribution >= 0.6 is 0 Å². The predicted molar refractivity (Wildman–Crippen MR) is 61.4 cm³/mol. The van der Waals surface area contributed by atoms with Gasteiger partial charge >= 0.3 is 5.97 Å². The van der Waals surface area contributed by atoms with Crippen LogP contribution < -0.4 is 9.47 Å². The Bertz CT molecular complexity index is 431. The number of hydrogen-bond acceptors (Lipinski definition) is 4. The smallest absolute Gasteiger partial charge is 0.321 e. The maximum absolute atomic E-state index is 11.1. The van der Waals surface area contributed by atoms with E-state index in [1.807, 2.05) is 18.2 Å². The molecule has 0 saturated heterocycles. The zero-order valence-corrected chi connectivity index (χ0v) is 9.84. The van der Waals surface area contributed by atoms with Gasteiger partial charge in [-0.3, -0.25) is 9.69 Å². The molecule has 17 heavy (non-hydrogen) atoms. The molecule has 0 aliphatic carbocycles. The fraction of sp³-hybridized carbons (Fsp3) is 0.417. The number of carboxylic acid groups (broad SMARTS) is 1. The SMILES string of the molecule is CN(C)C(Cc1ccc2c(c1)OCO2)C(=O)O. The van der Waals surface area contributed by atoms with Gasteiger partial charge in [-0.2, -0.15) is 0 Å². The Morgan fingerprint density at radius 1 is 1.41 bits per heavy atom. The van der Waals surface area contributed by atoms with Gasteiger partial charge in [-0.05, 0) is 38.2 Å². The van der Waals surface area contributed by atoms with Crippen LogP contribution in [0.4, 0.5) is 0 Å². The molecule has 0 bridgehead atoms. The number of ether oxygens (including phenoxy) is 2. The van der Waals surface area contributed by atoms with Crippen molar-refractivity contribution in [2.45, 2.75) is 12.5 Å². The number of fused-ring (bicyclic) bond motifs is 1. The molecule has 1 aliphatic rings. The van der Waals surface area contributed by atoms with E-state index in [-0.39, 0.29) is 6.79 Å². The minimum atomic E-state index is -0.826. The van der Waals surface area contributed by atoms with Gasteiger partial charge in [0, 0.05) is 0 Å². The van der Waals surface area contributed by atoms with Crippen molar-refractivity contribution in [3.63, 3.8) is 0 Å². The number of carboxylic acids is 1. The monoisotopic (exact) mass is 237 g/mol. The predicted octanol–water partition coefficient (Wildman–Crippen LogP) is 0.973. The molecule has 0 spiro atoms. The summed E-state index contributed by atoms with van der Waals surface area (Å²) in [5.41, 5.74) is 0.926. The second-order valence-corrected chi connectivity index (χ2v) is 4.21. The Labute approximate surface area is 99.6 Å². The number of benzene rings is 1. The van der Waals surface area contributed by atoms with E-state index in [0.29, 0.717) is 17.9 Å². The van der Waals surface area contributed by atoms with E-state index in [9.17, 15) is 4.79 Å². The summed E-state index contributed by atoms with van der Waals surface area (Å²) in [5, 5.41) is 9.10. The van der Waals surface area contributed by atoms with Crippen molar-refractivity contribution in [3.05, 3.63) is 23.8 Å². The molecular formula is C12H15NO4. The van der Waals surface area contributed by atoms with Gasteiger partial charge in [0.1, 0.15) is 6.04 Å². The van der Waals surface area contributed by atoms with Gasteiger partial charge < -0.3 is 14.6 Å². The van der Waals surface area contributed by atoms with E-state index in [2.05, 4.69) is 0 Å². The highest BCUT2D eigenvalue weighted by Gasteiger charge is 2.21. The summed E-state index contributed by atoms with van der Waals surface area (Å²) in [6, 6.07) is 4.98. The molecule has 1 aromatic carbocycles. The fourth-order valence-electron chi connectivity index (χ4n) is 1.78. The number of hydrogen-bond donors (Lipinski definition) is 1. The lowest BCUT2D eigenvalue weighted by molar-refractivity contribution is -0.142. The van der Waals surface area contributed by atoms with Crippen LogP contribution in [0.5, 0.6) is 11.5 Å². The van der Waals surface area contributed by atoms with Crippen molar-refractivity contribution in [2.75, 3.05) is 20.9 Å². The summed E-state index contributed by atoms with van der Waals surface area (Å²) in [6.07, 6.45) is 0.443. The highest BCUT2D eigenvalue weighted by atomic mass is 16.7. The van der Waals surface area contributed by atoms with Crippen molar-refractivity contribution in [1.82, 2.24) is 4.90 Å². The summed E-state index contributed by atoms with van der Waals surface area (Å²) in [7, 11) is 3.51. The molecule has 5 heteroatoms. The molecule has 1 heterocycles. The first-order valence-corrected chi connectivity index (χ1v) is 5.35. The number of nitrogens with zero attached hydrogens (tertiary/aromatic N) is 1. The number of aliphatic carboxylic acids is 1. The summed E-state index contributed by atoms with van der Waals surface area (Å²) < 4.78 is 10.5. The molecule has 1 unspecified atom stereocenters. The van der Waals surface area contributed by atoms with E-state index < -0.39 is 12.0 Å². The average molecular weight is 237 g/mol. The Kier molecular flexibility index (Phi) is 3.19. The quantitative estimate of drug-likeness (QED) is 0.845. The van der Waals surface area contributed by atoms with Crippen molar-refractivity contribution in [1.29, 1.82) is 0 Å². The zero-order chi connectivity index (χ0) is 12.4. The third-order valence-corrected chi connectivity index (χ3v) is 2.77. The summed E-state index contributed by atoms with van der Waals surface area (Å²) in [6.45, 7) is 0.231. The first-order valence-electron chi connectivity index (χ1n) is 5.35. The van der Waals surface area contributed by atoms with E-state index in [1.165, 1.54) is 0 Å². The summed E-state index contributed by atoms with van der Waals surface area (Å²) in [5.74, 6) is 0.573. The minimum Gasteiger partial charge on any atom is -0.480 e. The van der Waals surface area contributed by atoms with Gasteiger partial charge in [0.25, 0.3) is 0 Å². The number of rotatable bonds is 4. The molecule has 1 atom stereocenters. The standard InChI is InChI=1S/C12H15NO4/c1-13(2)9(12(14)15)5-8-3-4-10-11(6-8)17-7-16-10/h3-4,6,9H,5,7H2,1-2H3,(H,14,15). The van der Waals surface area contributed by atoms with Gasteiger partial charge in [-0.15, -0.1) is 0 Å². The lowest BCUT2D eigenvalue weighted by atomic mass is 10.0. The van der Waals surface area contributed by atoms with E-state index >= 15 is 0 Å². The molecule has 1 aromatic rings. The Morgan fingerprint density at radius 2 is 2.12 bits per heavy atom. The normalized spacial score (nSPS) is 15.0. The van der Waals surface area contributed by atoms with Crippen LogP contribution in [0, 0.1) is 0 Å². The molecule has 0 fully saturated rings. The molecule has 0 amide bonds. The van der Waals surface area contributed by atoms with Crippen LogP contribution in [-0.4, -0.2) is 42.9 Å². The van der Waals surface area contributed by atoms with Crippen molar-refractivity contribution >= 4 is 5.97 Å². The molecule has 2 rings (SSSR count). The van der Waals surface area contributed by atoms with Gasteiger partial charge in [0.2, 0.25) is 6.79 Å².